The van der Waals surface area contributed by atoms with Crippen molar-refractivity contribution in [1.29, 1.82) is 0 Å². The number of hydrogen-bond donors (Lipinski definition) is 1. The number of carbonyl (C=O) groups excluding carboxylic acids is 1. The lowest BCUT2D eigenvalue weighted by atomic mass is 10.1. The number of nitrogens with one attached hydrogen (secondary N) is 1. The minimum absolute atomic E-state index is 0.101. The van der Waals surface area contributed by atoms with Crippen molar-refractivity contribution in [3.63, 3.8) is 0 Å². The van der Waals surface area contributed by atoms with Gasteiger partial charge in [-0.2, -0.15) is 17.5 Å². The second-order valence-electron chi connectivity index (χ2n) is 7.94. The third-order valence-electron chi connectivity index (χ3n) is 5.55. The van der Waals surface area contributed by atoms with E-state index in [1.54, 1.807) is 19.9 Å². The summed E-state index contributed by atoms with van der Waals surface area (Å²) in [5.74, 6) is -1.62. The molecule has 3 rings (SSSR count). The topological polar surface area (TPSA) is 84.3 Å². The van der Waals surface area contributed by atoms with E-state index < -0.39 is 27.9 Å². The Morgan fingerprint density at radius 1 is 1.09 bits per heavy atom. The Labute approximate surface area is 196 Å². The predicted molar refractivity (Wildman–Crippen MR) is 124 cm³/mol. The molecule has 3 aromatic rings. The van der Waals surface area contributed by atoms with Crippen LogP contribution in [0.2, 0.25) is 0 Å². The van der Waals surface area contributed by atoms with Gasteiger partial charge in [-0.3, -0.25) is 4.79 Å². The van der Waals surface area contributed by atoms with Gasteiger partial charge in [-0.15, -0.1) is 0 Å². The van der Waals surface area contributed by atoms with E-state index in [4.69, 9.17) is 0 Å². The number of carbonyl (C=O) groups is 1. The fourth-order valence-electron chi connectivity index (χ4n) is 3.72. The van der Waals surface area contributed by atoms with E-state index in [2.05, 4.69) is 10.3 Å². The molecule has 7 nitrogen and oxygen atoms in total. The zero-order valence-electron chi connectivity index (χ0n) is 19.4. The van der Waals surface area contributed by atoms with Gasteiger partial charge in [0, 0.05) is 31.7 Å². The van der Waals surface area contributed by atoms with Crippen LogP contribution in [0.4, 0.5) is 18.9 Å². The van der Waals surface area contributed by atoms with E-state index in [9.17, 15) is 26.4 Å². The van der Waals surface area contributed by atoms with Gasteiger partial charge in [0.05, 0.1) is 15.9 Å². The zero-order valence-corrected chi connectivity index (χ0v) is 20.2. The molecule has 0 fully saturated rings. The van der Waals surface area contributed by atoms with Crippen molar-refractivity contribution in [2.45, 2.75) is 51.7 Å². The monoisotopic (exact) mass is 496 g/mol. The Hall–Kier alpha value is -2.92. The average molecular weight is 497 g/mol. The van der Waals surface area contributed by atoms with Crippen molar-refractivity contribution in [1.82, 2.24) is 13.9 Å². The molecule has 11 heteroatoms. The maximum atomic E-state index is 13.7. The molecule has 34 heavy (non-hydrogen) atoms. The number of alkyl halides is 3. The molecular weight excluding hydrogens is 469 g/mol. The summed E-state index contributed by atoms with van der Waals surface area (Å²) in [6.07, 6.45) is -5.00. The molecule has 1 heterocycles. The van der Waals surface area contributed by atoms with Crippen molar-refractivity contribution in [3.8, 4) is 0 Å². The number of nitrogens with zero attached hydrogens (tertiary/aromatic N) is 3. The van der Waals surface area contributed by atoms with Crippen LogP contribution in [0.5, 0.6) is 0 Å². The summed E-state index contributed by atoms with van der Waals surface area (Å²) in [7, 11) is -3.86. The number of amides is 1. The van der Waals surface area contributed by atoms with Crippen LogP contribution in [0.25, 0.3) is 11.0 Å². The van der Waals surface area contributed by atoms with Gasteiger partial charge >= 0.3 is 6.18 Å². The SMILES string of the molecule is CCN(CC)S(=O)(=O)c1ccc2c(c1)nc(C(F)(F)F)n2CCC(=O)Nc1cc(C)ccc1C. The molecule has 0 atom stereocenters. The first-order valence-corrected chi connectivity index (χ1v) is 12.3. The highest BCUT2D eigenvalue weighted by atomic mass is 32.2. The third kappa shape index (κ3) is 5.25. The third-order valence-corrected chi connectivity index (χ3v) is 7.59. The van der Waals surface area contributed by atoms with Crippen LogP contribution in [0, 0.1) is 13.8 Å². The first kappa shape index (κ1) is 25.7. The molecule has 2 aromatic carbocycles. The van der Waals surface area contributed by atoms with E-state index in [1.165, 1.54) is 16.4 Å². The van der Waals surface area contributed by atoms with E-state index in [-0.39, 0.29) is 42.0 Å². The Morgan fingerprint density at radius 2 is 1.76 bits per heavy atom. The molecule has 184 valence electrons. The Bertz CT molecular complexity index is 1310. The number of aromatic nitrogens is 2. The van der Waals surface area contributed by atoms with E-state index in [1.807, 2.05) is 26.0 Å². The number of halogens is 3. The average Bonchev–Trinajstić information content (AvgIpc) is 3.14. The van der Waals surface area contributed by atoms with Crippen molar-refractivity contribution in [2.75, 3.05) is 18.4 Å². The number of hydrogen-bond acceptors (Lipinski definition) is 4. The summed E-state index contributed by atoms with van der Waals surface area (Å²) < 4.78 is 68.8. The van der Waals surface area contributed by atoms with Gasteiger partial charge < -0.3 is 9.88 Å². The molecule has 1 amide bonds. The van der Waals surface area contributed by atoms with E-state index in [0.29, 0.717) is 5.69 Å². The van der Waals surface area contributed by atoms with Crippen LogP contribution in [0.1, 0.15) is 37.2 Å². The smallest absolute Gasteiger partial charge is 0.326 e. The maximum absolute atomic E-state index is 13.7. The molecule has 1 aromatic heterocycles. The van der Waals surface area contributed by atoms with Gasteiger partial charge in [0.25, 0.3) is 0 Å². The number of anilines is 1. The van der Waals surface area contributed by atoms with Crippen LogP contribution in [-0.2, 0) is 27.5 Å². The van der Waals surface area contributed by atoms with Crippen molar-refractivity contribution >= 4 is 32.7 Å². The fourth-order valence-corrected chi connectivity index (χ4v) is 5.20. The second-order valence-corrected chi connectivity index (χ2v) is 9.88. The van der Waals surface area contributed by atoms with Gasteiger partial charge in [0.1, 0.15) is 0 Å². The van der Waals surface area contributed by atoms with Crippen molar-refractivity contribution < 1.29 is 26.4 Å². The molecule has 0 radical (unpaired) electrons. The molecule has 0 bridgehead atoms. The summed E-state index contributed by atoms with van der Waals surface area (Å²) in [6, 6.07) is 9.25. The lowest BCUT2D eigenvalue weighted by Gasteiger charge is -2.18. The van der Waals surface area contributed by atoms with Gasteiger partial charge in [0.2, 0.25) is 21.8 Å². The van der Waals surface area contributed by atoms with Gasteiger partial charge in [-0.25, -0.2) is 13.4 Å². The van der Waals surface area contributed by atoms with Crippen molar-refractivity contribution in [3.05, 3.63) is 53.3 Å². The van der Waals surface area contributed by atoms with Gasteiger partial charge in [-0.05, 0) is 49.2 Å². The molecule has 0 spiro atoms. The fraction of sp³-hybridized carbons (Fsp3) is 0.391. The van der Waals surface area contributed by atoms with Gasteiger partial charge in [0.15, 0.2) is 0 Å². The van der Waals surface area contributed by atoms with Crippen LogP contribution in [-0.4, -0.2) is 41.3 Å². The molecule has 0 aliphatic carbocycles. The highest BCUT2D eigenvalue weighted by molar-refractivity contribution is 7.89. The number of benzene rings is 2. The predicted octanol–water partition coefficient (Wildman–Crippen LogP) is 4.73. The minimum atomic E-state index is -4.78. The molecule has 1 N–H and O–H groups in total. The Kier molecular flexibility index (Phi) is 7.37. The van der Waals surface area contributed by atoms with Crippen molar-refractivity contribution in [2.24, 2.45) is 0 Å². The minimum Gasteiger partial charge on any atom is -0.326 e. The summed E-state index contributed by atoms with van der Waals surface area (Å²) >= 11 is 0. The normalized spacial score (nSPS) is 12.5. The van der Waals surface area contributed by atoms with Crippen LogP contribution < -0.4 is 5.32 Å². The quantitative estimate of drug-likeness (QED) is 0.489. The molecule has 0 saturated carbocycles. The van der Waals surface area contributed by atoms with Crippen LogP contribution in [0.3, 0.4) is 0 Å². The summed E-state index contributed by atoms with van der Waals surface area (Å²) in [5.41, 5.74) is 2.38. The highest BCUT2D eigenvalue weighted by Crippen LogP contribution is 2.33. The Morgan fingerprint density at radius 3 is 2.38 bits per heavy atom. The molecule has 0 unspecified atom stereocenters. The molecule has 0 aliphatic heterocycles. The number of imidazole rings is 1. The molecule has 0 aliphatic rings. The zero-order chi connectivity index (χ0) is 25.3. The first-order chi connectivity index (χ1) is 15.9. The largest absolute Gasteiger partial charge is 0.449 e. The highest BCUT2D eigenvalue weighted by Gasteiger charge is 2.38. The number of rotatable bonds is 8. The van der Waals surface area contributed by atoms with E-state index >= 15 is 0 Å². The maximum Gasteiger partial charge on any atom is 0.449 e. The summed E-state index contributed by atoms with van der Waals surface area (Å²) in [5, 5.41) is 2.74. The molecule has 0 saturated heterocycles. The second kappa shape index (κ2) is 9.75. The number of fused-ring (bicyclic) bond motifs is 1. The van der Waals surface area contributed by atoms with Gasteiger partial charge in [-0.1, -0.05) is 26.0 Å². The lowest BCUT2D eigenvalue weighted by Crippen LogP contribution is -2.30. The summed E-state index contributed by atoms with van der Waals surface area (Å²) in [4.78, 5) is 16.0. The van der Waals surface area contributed by atoms with Crippen LogP contribution in [0.15, 0.2) is 41.3 Å². The van der Waals surface area contributed by atoms with E-state index in [0.717, 1.165) is 21.8 Å². The Balaban J connectivity index is 1.93. The number of aryl methyl sites for hydroxylation is 3. The summed E-state index contributed by atoms with van der Waals surface area (Å²) in [6.45, 7) is 7.24. The lowest BCUT2D eigenvalue weighted by molar-refractivity contribution is -0.147. The standard InChI is InChI=1S/C23H27F3N4O3S/c1-5-29(6-2)34(32,33)17-9-10-20-19(14-17)28-22(23(24,25)26)30(20)12-11-21(31)27-18-13-15(3)7-8-16(18)4/h7-10,13-14H,5-6,11-12H2,1-4H3,(H,27,31). The number of sulfonamides is 1. The van der Waals surface area contributed by atoms with Crippen LogP contribution >= 0.6 is 0 Å². The molecular formula is C23H27F3N4O3S. The first-order valence-electron chi connectivity index (χ1n) is 10.8.